The maximum atomic E-state index is 12.7. The lowest BCUT2D eigenvalue weighted by Crippen LogP contribution is -2.49. The van der Waals surface area contributed by atoms with E-state index in [0.717, 1.165) is 5.56 Å². The van der Waals surface area contributed by atoms with E-state index >= 15 is 0 Å². The van der Waals surface area contributed by atoms with Crippen LogP contribution in [-0.4, -0.2) is 46.9 Å². The highest BCUT2D eigenvalue weighted by atomic mass is 35.5. The molecule has 7 heteroatoms. The number of aliphatic hydroxyl groups excluding tert-OH is 1. The number of halogens is 1. The summed E-state index contributed by atoms with van der Waals surface area (Å²) in [4.78, 5) is 14.5. The van der Waals surface area contributed by atoms with Crippen LogP contribution in [0.25, 0.3) is 0 Å². The largest absolute Gasteiger partial charge is 0.394 e. The molecule has 0 unspecified atom stereocenters. The van der Waals surface area contributed by atoms with Crippen molar-refractivity contribution < 1.29 is 19.2 Å². The smallest absolute Gasteiger partial charge is 0.223 e. The number of aromatic nitrogens is 1. The van der Waals surface area contributed by atoms with Crippen molar-refractivity contribution in [3.05, 3.63) is 52.9 Å². The van der Waals surface area contributed by atoms with Crippen molar-refractivity contribution >= 4 is 17.5 Å². The number of rotatable bonds is 5. The van der Waals surface area contributed by atoms with Crippen LogP contribution < -0.4 is 0 Å². The summed E-state index contributed by atoms with van der Waals surface area (Å²) in [7, 11) is 0. The molecule has 1 aromatic carbocycles. The Balaban J connectivity index is 1.74. The number of morpholine rings is 1. The predicted octanol–water partition coefficient (Wildman–Crippen LogP) is 2.22. The standard InChI is InChI=1S/C17H19ClN2O4/c18-15-10-13(24-19-15)6-7-16(22)20-8-9-23-14(11-21)17(20)12-4-2-1-3-5-12/h1-5,10,14,17,21H,6-9,11H2/t14-,17-/m1/s1. The molecule has 1 fully saturated rings. The van der Waals surface area contributed by atoms with Crippen LogP contribution in [0.3, 0.4) is 0 Å². The number of amides is 1. The lowest BCUT2D eigenvalue weighted by Gasteiger charge is -2.41. The van der Waals surface area contributed by atoms with Gasteiger partial charge in [-0.05, 0) is 5.56 Å². The summed E-state index contributed by atoms with van der Waals surface area (Å²) >= 11 is 5.72. The van der Waals surface area contributed by atoms with Gasteiger partial charge in [0.1, 0.15) is 11.9 Å². The normalized spacial score (nSPS) is 21.0. The maximum absolute atomic E-state index is 12.7. The van der Waals surface area contributed by atoms with E-state index in [0.29, 0.717) is 25.3 Å². The Morgan fingerprint density at radius 3 is 2.83 bits per heavy atom. The van der Waals surface area contributed by atoms with Crippen molar-refractivity contribution in [3.63, 3.8) is 0 Å². The fourth-order valence-corrected chi connectivity index (χ4v) is 3.15. The number of aryl methyl sites for hydroxylation is 1. The van der Waals surface area contributed by atoms with E-state index in [2.05, 4.69) is 5.16 Å². The molecular weight excluding hydrogens is 332 g/mol. The number of carbonyl (C=O) groups excluding carboxylic acids is 1. The van der Waals surface area contributed by atoms with Gasteiger partial charge in [-0.2, -0.15) is 0 Å². The predicted molar refractivity (Wildman–Crippen MR) is 87.6 cm³/mol. The van der Waals surface area contributed by atoms with Crippen molar-refractivity contribution in [1.29, 1.82) is 0 Å². The Morgan fingerprint density at radius 2 is 2.17 bits per heavy atom. The van der Waals surface area contributed by atoms with Gasteiger partial charge in [0.2, 0.25) is 5.91 Å². The third kappa shape index (κ3) is 3.77. The van der Waals surface area contributed by atoms with Crippen LogP contribution in [0.5, 0.6) is 0 Å². The van der Waals surface area contributed by atoms with E-state index < -0.39 is 6.10 Å². The molecule has 3 rings (SSSR count). The molecule has 1 saturated heterocycles. The van der Waals surface area contributed by atoms with Crippen molar-refractivity contribution in [2.45, 2.75) is 25.0 Å². The van der Waals surface area contributed by atoms with Crippen LogP contribution in [0.1, 0.15) is 23.8 Å². The number of benzene rings is 1. The molecule has 1 aliphatic heterocycles. The first-order chi connectivity index (χ1) is 11.7. The zero-order chi connectivity index (χ0) is 16.9. The molecule has 2 atom stereocenters. The van der Waals surface area contributed by atoms with Crippen molar-refractivity contribution in [2.24, 2.45) is 0 Å². The van der Waals surface area contributed by atoms with Gasteiger partial charge in [-0.15, -0.1) is 0 Å². The van der Waals surface area contributed by atoms with E-state index in [1.54, 1.807) is 11.0 Å². The number of aliphatic hydroxyl groups is 1. The number of hydrogen-bond acceptors (Lipinski definition) is 5. The maximum Gasteiger partial charge on any atom is 0.223 e. The number of hydrogen-bond donors (Lipinski definition) is 1. The fraction of sp³-hybridized carbons (Fsp3) is 0.412. The van der Waals surface area contributed by atoms with Gasteiger partial charge in [0.25, 0.3) is 0 Å². The molecule has 0 aliphatic carbocycles. The molecule has 24 heavy (non-hydrogen) atoms. The van der Waals surface area contributed by atoms with E-state index in [9.17, 15) is 9.90 Å². The molecule has 0 radical (unpaired) electrons. The Hall–Kier alpha value is -1.89. The molecule has 0 saturated carbocycles. The van der Waals surface area contributed by atoms with Gasteiger partial charge in [-0.3, -0.25) is 4.79 Å². The Bertz CT molecular complexity index is 676. The highest BCUT2D eigenvalue weighted by molar-refractivity contribution is 6.29. The minimum Gasteiger partial charge on any atom is -0.394 e. The van der Waals surface area contributed by atoms with Crippen LogP contribution >= 0.6 is 11.6 Å². The van der Waals surface area contributed by atoms with Gasteiger partial charge < -0.3 is 19.3 Å². The lowest BCUT2D eigenvalue weighted by atomic mass is 9.97. The summed E-state index contributed by atoms with van der Waals surface area (Å²) in [5.41, 5.74) is 0.951. The van der Waals surface area contributed by atoms with Gasteiger partial charge in [0, 0.05) is 25.5 Å². The zero-order valence-electron chi connectivity index (χ0n) is 13.1. The summed E-state index contributed by atoms with van der Waals surface area (Å²) in [5, 5.41) is 13.5. The summed E-state index contributed by atoms with van der Waals surface area (Å²) in [6.07, 6.45) is 0.290. The molecule has 0 spiro atoms. The van der Waals surface area contributed by atoms with E-state index in [1.807, 2.05) is 30.3 Å². The minimum absolute atomic E-state index is 0.0156. The van der Waals surface area contributed by atoms with Crippen LogP contribution in [0.4, 0.5) is 0 Å². The molecule has 6 nitrogen and oxygen atoms in total. The number of ether oxygens (including phenoxy) is 1. The molecule has 2 heterocycles. The van der Waals surface area contributed by atoms with Crippen LogP contribution in [0.2, 0.25) is 5.15 Å². The molecular formula is C17H19ClN2O4. The molecule has 0 bridgehead atoms. The lowest BCUT2D eigenvalue weighted by molar-refractivity contribution is -0.150. The van der Waals surface area contributed by atoms with Crippen LogP contribution in [0.15, 0.2) is 40.9 Å². The summed E-state index contributed by atoms with van der Waals surface area (Å²) < 4.78 is 10.7. The monoisotopic (exact) mass is 350 g/mol. The topological polar surface area (TPSA) is 75.8 Å². The minimum atomic E-state index is -0.426. The summed E-state index contributed by atoms with van der Waals surface area (Å²) in [6, 6.07) is 10.9. The first kappa shape index (κ1) is 17.0. The second-order valence-electron chi connectivity index (χ2n) is 5.65. The first-order valence-corrected chi connectivity index (χ1v) is 8.25. The van der Waals surface area contributed by atoms with Crippen molar-refractivity contribution in [1.82, 2.24) is 10.1 Å². The quantitative estimate of drug-likeness (QED) is 0.894. The number of nitrogens with zero attached hydrogens (tertiary/aromatic N) is 2. The van der Waals surface area contributed by atoms with Gasteiger partial charge in [0.15, 0.2) is 5.15 Å². The second kappa shape index (κ2) is 7.79. The second-order valence-corrected chi connectivity index (χ2v) is 6.04. The third-order valence-corrected chi connectivity index (χ3v) is 4.29. The van der Waals surface area contributed by atoms with Crippen molar-refractivity contribution in [3.8, 4) is 0 Å². The summed E-state index contributed by atoms with van der Waals surface area (Å²) in [6.45, 7) is 0.765. The van der Waals surface area contributed by atoms with Crippen LogP contribution in [0, 0.1) is 0 Å². The summed E-state index contributed by atoms with van der Waals surface area (Å²) in [5.74, 6) is 0.565. The van der Waals surface area contributed by atoms with E-state index in [1.165, 1.54) is 0 Å². The SMILES string of the molecule is O=C(CCc1cc(Cl)no1)N1CCO[C@H](CO)[C@H]1c1ccccc1. The fourth-order valence-electron chi connectivity index (χ4n) is 2.99. The molecule has 1 amide bonds. The van der Waals surface area contributed by atoms with Crippen molar-refractivity contribution in [2.75, 3.05) is 19.8 Å². The van der Waals surface area contributed by atoms with Crippen LogP contribution in [-0.2, 0) is 16.0 Å². The first-order valence-electron chi connectivity index (χ1n) is 7.87. The average Bonchev–Trinajstić information content (AvgIpc) is 3.05. The molecule has 1 N–H and O–H groups in total. The van der Waals surface area contributed by atoms with E-state index in [-0.39, 0.29) is 30.1 Å². The zero-order valence-corrected chi connectivity index (χ0v) is 13.9. The van der Waals surface area contributed by atoms with Gasteiger partial charge in [-0.1, -0.05) is 47.1 Å². The average molecular weight is 351 g/mol. The molecule has 1 aliphatic rings. The Kier molecular flexibility index (Phi) is 5.50. The Labute approximate surface area is 144 Å². The highest BCUT2D eigenvalue weighted by Crippen LogP contribution is 2.30. The molecule has 2 aromatic rings. The van der Waals surface area contributed by atoms with Gasteiger partial charge in [0.05, 0.1) is 19.3 Å². The van der Waals surface area contributed by atoms with Gasteiger partial charge >= 0.3 is 0 Å². The van der Waals surface area contributed by atoms with Gasteiger partial charge in [-0.25, -0.2) is 0 Å². The number of carbonyl (C=O) groups is 1. The highest BCUT2D eigenvalue weighted by Gasteiger charge is 2.35. The molecule has 1 aromatic heterocycles. The Morgan fingerprint density at radius 1 is 1.38 bits per heavy atom. The molecule has 128 valence electrons. The third-order valence-electron chi connectivity index (χ3n) is 4.11. The van der Waals surface area contributed by atoms with E-state index in [4.69, 9.17) is 20.9 Å².